The van der Waals surface area contributed by atoms with Gasteiger partial charge in [0, 0.05) is 0 Å². The van der Waals surface area contributed by atoms with E-state index in [1.165, 1.54) is 12.1 Å². The molecule has 22 heavy (non-hydrogen) atoms. The maximum atomic E-state index is 11.7. The summed E-state index contributed by atoms with van der Waals surface area (Å²) >= 11 is 5.84. The zero-order valence-electron chi connectivity index (χ0n) is 11.3. The van der Waals surface area contributed by atoms with Gasteiger partial charge < -0.3 is 8.97 Å². The second kappa shape index (κ2) is 7.91. The van der Waals surface area contributed by atoms with Gasteiger partial charge in [0.2, 0.25) is 5.09 Å². The molecule has 2 aromatic rings. The van der Waals surface area contributed by atoms with E-state index < -0.39 is 21.1 Å². The fraction of sp³-hybridized carbons (Fsp3) is 0. The molecule has 0 saturated heterocycles. The van der Waals surface area contributed by atoms with Crippen LogP contribution in [0.5, 0.6) is 0 Å². The molecular formula is C12H8ClN2NaO5S. The van der Waals surface area contributed by atoms with E-state index in [0.717, 1.165) is 12.3 Å². The Hall–Kier alpha value is -1.16. The molecule has 0 unspecified atom stereocenters. The molecule has 0 saturated carbocycles. The Bertz CT molecular complexity index is 803. The molecule has 0 spiro atoms. The van der Waals surface area contributed by atoms with Gasteiger partial charge in [0.15, 0.2) is 10.1 Å². The van der Waals surface area contributed by atoms with E-state index in [1.54, 1.807) is 18.2 Å². The van der Waals surface area contributed by atoms with Crippen LogP contribution in [-0.4, -0.2) is 25.1 Å². The number of hydrogen-bond donors (Lipinski definition) is 1. The molecule has 0 aliphatic rings. The molecule has 1 heterocycles. The Balaban J connectivity index is 0.00000242. The molecular weight excluding hydrogens is 343 g/mol. The minimum atomic E-state index is -4.66. The molecule has 2 rings (SSSR count). The number of amides is 1. The van der Waals surface area contributed by atoms with Crippen LogP contribution in [0.3, 0.4) is 0 Å². The van der Waals surface area contributed by atoms with Gasteiger partial charge in [-0.25, -0.2) is 13.8 Å². The number of rotatable bonds is 4. The molecule has 10 heteroatoms. The third kappa shape index (κ3) is 4.94. The summed E-state index contributed by atoms with van der Waals surface area (Å²) in [5, 5.41) is 3.13. The number of benzene rings is 1. The first-order valence-electron chi connectivity index (χ1n) is 5.51. The van der Waals surface area contributed by atoms with Gasteiger partial charge in [0.05, 0.1) is 16.8 Å². The number of hydrazone groups is 1. The van der Waals surface area contributed by atoms with Crippen LogP contribution in [0, 0.1) is 0 Å². The van der Waals surface area contributed by atoms with Crippen molar-refractivity contribution in [3.05, 3.63) is 52.7 Å². The molecule has 1 aromatic carbocycles. The van der Waals surface area contributed by atoms with Crippen molar-refractivity contribution >= 4 is 33.8 Å². The van der Waals surface area contributed by atoms with Crippen LogP contribution in [0.1, 0.15) is 16.1 Å². The van der Waals surface area contributed by atoms with E-state index in [2.05, 4.69) is 10.5 Å². The summed E-state index contributed by atoms with van der Waals surface area (Å²) in [6.45, 7) is 0. The average Bonchev–Trinajstić information content (AvgIpc) is 2.88. The summed E-state index contributed by atoms with van der Waals surface area (Å²) in [5.74, 6) is -0.538. The first-order valence-corrected chi connectivity index (χ1v) is 7.30. The first kappa shape index (κ1) is 18.9. The number of nitrogens with zero attached hydrogens (tertiary/aromatic N) is 1. The van der Waals surface area contributed by atoms with Crippen LogP contribution in [0.25, 0.3) is 0 Å². The average molecular weight is 351 g/mol. The molecule has 0 aliphatic heterocycles. The third-order valence-electron chi connectivity index (χ3n) is 2.32. The first-order chi connectivity index (χ1) is 9.88. The normalized spacial score (nSPS) is 11.2. The van der Waals surface area contributed by atoms with Crippen molar-refractivity contribution < 1.29 is 51.7 Å². The molecule has 7 nitrogen and oxygen atoms in total. The second-order valence-corrected chi connectivity index (χ2v) is 5.51. The van der Waals surface area contributed by atoms with Gasteiger partial charge in [-0.15, -0.1) is 0 Å². The Kier molecular flexibility index (Phi) is 6.79. The Morgan fingerprint density at radius 1 is 1.27 bits per heavy atom. The van der Waals surface area contributed by atoms with Gasteiger partial charge in [-0.1, -0.05) is 23.7 Å². The van der Waals surface area contributed by atoms with Gasteiger partial charge in [-0.2, -0.15) is 5.10 Å². The van der Waals surface area contributed by atoms with Crippen molar-refractivity contribution in [1.29, 1.82) is 0 Å². The number of furan rings is 1. The number of carbonyl (C=O) groups is 1. The predicted molar refractivity (Wildman–Crippen MR) is 73.2 cm³/mol. The maximum absolute atomic E-state index is 11.7. The minimum Gasteiger partial charge on any atom is -0.742 e. The third-order valence-corrected chi connectivity index (χ3v) is 3.37. The van der Waals surface area contributed by atoms with Crippen molar-refractivity contribution in [3.8, 4) is 0 Å². The molecule has 0 aliphatic carbocycles. The SMILES string of the molecule is O=C(N/N=C\c1ccc(S(=O)(=O)[O-])o1)c1ccccc1Cl.[Na+]. The number of hydrogen-bond acceptors (Lipinski definition) is 6. The number of halogens is 1. The van der Waals surface area contributed by atoms with E-state index in [1.807, 2.05) is 0 Å². The second-order valence-electron chi connectivity index (χ2n) is 3.79. The van der Waals surface area contributed by atoms with Gasteiger partial charge >= 0.3 is 29.6 Å². The molecule has 0 fully saturated rings. The largest absolute Gasteiger partial charge is 1.00 e. The molecule has 1 N–H and O–H groups in total. The zero-order chi connectivity index (χ0) is 15.5. The molecule has 1 aromatic heterocycles. The van der Waals surface area contributed by atoms with E-state index in [0.29, 0.717) is 0 Å². The van der Waals surface area contributed by atoms with Crippen LogP contribution in [0.2, 0.25) is 5.02 Å². The Labute approximate surface area is 153 Å². The van der Waals surface area contributed by atoms with Crippen LogP contribution in [0.4, 0.5) is 0 Å². The molecule has 0 radical (unpaired) electrons. The summed E-state index contributed by atoms with van der Waals surface area (Å²) in [5.41, 5.74) is 2.43. The minimum absolute atomic E-state index is 0. The smallest absolute Gasteiger partial charge is 0.742 e. The van der Waals surface area contributed by atoms with Crippen molar-refractivity contribution in [2.45, 2.75) is 5.09 Å². The van der Waals surface area contributed by atoms with Crippen LogP contribution < -0.4 is 35.0 Å². The van der Waals surface area contributed by atoms with E-state index in [4.69, 9.17) is 16.0 Å². The Morgan fingerprint density at radius 2 is 1.95 bits per heavy atom. The quantitative estimate of drug-likeness (QED) is 0.315. The molecule has 110 valence electrons. The van der Waals surface area contributed by atoms with Gasteiger partial charge in [0.25, 0.3) is 5.91 Å². The van der Waals surface area contributed by atoms with E-state index in [9.17, 15) is 17.8 Å². The van der Waals surface area contributed by atoms with Crippen LogP contribution in [0.15, 0.2) is 51.0 Å². The van der Waals surface area contributed by atoms with Crippen molar-refractivity contribution in [3.63, 3.8) is 0 Å². The van der Waals surface area contributed by atoms with Crippen molar-refractivity contribution in [1.82, 2.24) is 5.43 Å². The fourth-order valence-electron chi connectivity index (χ4n) is 1.40. The van der Waals surface area contributed by atoms with Gasteiger partial charge in [-0.3, -0.25) is 4.79 Å². The molecule has 0 atom stereocenters. The molecule has 1 amide bonds. The summed E-state index contributed by atoms with van der Waals surface area (Å²) in [7, 11) is -4.66. The topological polar surface area (TPSA) is 112 Å². The van der Waals surface area contributed by atoms with E-state index >= 15 is 0 Å². The van der Waals surface area contributed by atoms with Crippen molar-refractivity contribution in [2.75, 3.05) is 0 Å². The van der Waals surface area contributed by atoms with E-state index in [-0.39, 0.29) is 45.9 Å². The van der Waals surface area contributed by atoms with Gasteiger partial charge in [-0.05, 0) is 24.3 Å². The van der Waals surface area contributed by atoms with Crippen LogP contribution in [-0.2, 0) is 10.1 Å². The zero-order valence-corrected chi connectivity index (χ0v) is 14.9. The summed E-state index contributed by atoms with van der Waals surface area (Å²) < 4.78 is 36.7. The standard InChI is InChI=1S/C12H9ClN2O5S.Na/c13-10-4-2-1-3-9(10)12(16)15-14-7-8-5-6-11(20-8)21(17,18)19;/h1-7H,(H,15,16)(H,17,18,19);/q;+1/p-1/b14-7-;. The molecule has 0 bridgehead atoms. The van der Waals surface area contributed by atoms with Crippen molar-refractivity contribution in [2.24, 2.45) is 5.10 Å². The van der Waals surface area contributed by atoms with Gasteiger partial charge in [0.1, 0.15) is 5.76 Å². The predicted octanol–water partition coefficient (Wildman–Crippen LogP) is -1.39. The fourth-order valence-corrected chi connectivity index (χ4v) is 2.05. The summed E-state index contributed by atoms with van der Waals surface area (Å²) in [6, 6.07) is 8.62. The Morgan fingerprint density at radius 3 is 2.55 bits per heavy atom. The number of nitrogens with one attached hydrogen (secondary N) is 1. The monoisotopic (exact) mass is 350 g/mol. The summed E-state index contributed by atoms with van der Waals surface area (Å²) in [4.78, 5) is 11.7. The summed E-state index contributed by atoms with van der Waals surface area (Å²) in [6.07, 6.45) is 1.06. The number of carbonyl (C=O) groups excluding carboxylic acids is 1. The van der Waals surface area contributed by atoms with Crippen LogP contribution >= 0.6 is 11.6 Å². The maximum Gasteiger partial charge on any atom is 1.00 e.